The fourth-order valence-corrected chi connectivity index (χ4v) is 2.68. The van der Waals surface area contributed by atoms with Crippen LogP contribution in [0.1, 0.15) is 38.5 Å². The normalized spacial score (nSPS) is 41.5. The third-order valence-corrected chi connectivity index (χ3v) is 3.44. The summed E-state index contributed by atoms with van der Waals surface area (Å²) in [7, 11) is 0. The Kier molecular flexibility index (Phi) is 1.19. The summed E-state index contributed by atoms with van der Waals surface area (Å²) in [6, 6.07) is 1.79. The standard InChI is InChI=1S/C10H15N/c1-2-4-8-6-10-9(11-10)5-7(8)3-1/h9-11H,1-6H2/t9-,10-/m1/s1. The van der Waals surface area contributed by atoms with Crippen molar-refractivity contribution in [3.63, 3.8) is 0 Å². The highest BCUT2D eigenvalue weighted by atomic mass is 15.1. The average Bonchev–Trinajstić information content (AvgIpc) is 2.77. The van der Waals surface area contributed by atoms with Gasteiger partial charge in [0, 0.05) is 12.1 Å². The van der Waals surface area contributed by atoms with Gasteiger partial charge in [-0.05, 0) is 38.5 Å². The van der Waals surface area contributed by atoms with Crippen LogP contribution in [-0.2, 0) is 0 Å². The van der Waals surface area contributed by atoms with Crippen molar-refractivity contribution >= 4 is 0 Å². The average molecular weight is 149 g/mol. The first-order chi connectivity index (χ1) is 5.43. The summed E-state index contributed by atoms with van der Waals surface area (Å²) < 4.78 is 0. The van der Waals surface area contributed by atoms with E-state index in [9.17, 15) is 0 Å². The Hall–Kier alpha value is -0.300. The number of rotatable bonds is 0. The van der Waals surface area contributed by atoms with Crippen molar-refractivity contribution < 1.29 is 0 Å². The van der Waals surface area contributed by atoms with Crippen molar-refractivity contribution in [3.8, 4) is 0 Å². The van der Waals surface area contributed by atoms with Crippen molar-refractivity contribution in [1.82, 2.24) is 5.32 Å². The minimum atomic E-state index is 0.895. The molecule has 1 fully saturated rings. The van der Waals surface area contributed by atoms with Crippen molar-refractivity contribution in [2.24, 2.45) is 0 Å². The minimum absolute atomic E-state index is 0.895. The third kappa shape index (κ3) is 0.943. The van der Waals surface area contributed by atoms with Crippen molar-refractivity contribution in [2.45, 2.75) is 50.6 Å². The maximum Gasteiger partial charge on any atom is 0.0265 e. The largest absolute Gasteiger partial charge is 0.307 e. The quantitative estimate of drug-likeness (QED) is 0.413. The number of nitrogens with one attached hydrogen (secondary N) is 1. The summed E-state index contributed by atoms with van der Waals surface area (Å²) in [5.74, 6) is 0. The first-order valence-corrected chi connectivity index (χ1v) is 4.89. The van der Waals surface area contributed by atoms with E-state index >= 15 is 0 Å². The van der Waals surface area contributed by atoms with Gasteiger partial charge in [-0.2, -0.15) is 0 Å². The van der Waals surface area contributed by atoms with Gasteiger partial charge in [0.2, 0.25) is 0 Å². The SMILES string of the molecule is C1CCC2=C(C1)C[C@H]1N[C@@H]1C2. The van der Waals surface area contributed by atoms with Crippen LogP contribution in [-0.4, -0.2) is 12.1 Å². The van der Waals surface area contributed by atoms with Gasteiger partial charge in [-0.25, -0.2) is 0 Å². The van der Waals surface area contributed by atoms with Crippen LogP contribution in [0.4, 0.5) is 0 Å². The molecule has 11 heavy (non-hydrogen) atoms. The second-order valence-corrected chi connectivity index (χ2v) is 4.20. The monoisotopic (exact) mass is 149 g/mol. The molecular formula is C10H15N. The smallest absolute Gasteiger partial charge is 0.0265 e. The van der Waals surface area contributed by atoms with Gasteiger partial charge in [-0.1, -0.05) is 11.1 Å². The Bertz CT molecular complexity index is 195. The molecule has 1 nitrogen and oxygen atoms in total. The minimum Gasteiger partial charge on any atom is -0.307 e. The molecule has 1 heterocycles. The number of fused-ring (bicyclic) bond motifs is 1. The van der Waals surface area contributed by atoms with Crippen LogP contribution in [0.25, 0.3) is 0 Å². The zero-order valence-electron chi connectivity index (χ0n) is 6.90. The molecule has 60 valence electrons. The van der Waals surface area contributed by atoms with E-state index in [2.05, 4.69) is 5.32 Å². The van der Waals surface area contributed by atoms with Crippen LogP contribution in [0.3, 0.4) is 0 Å². The molecule has 1 aliphatic heterocycles. The van der Waals surface area contributed by atoms with E-state index in [1.165, 1.54) is 38.5 Å². The summed E-state index contributed by atoms with van der Waals surface area (Å²) in [5.41, 5.74) is 3.64. The van der Waals surface area contributed by atoms with Gasteiger partial charge in [0.05, 0.1) is 0 Å². The van der Waals surface area contributed by atoms with E-state index in [-0.39, 0.29) is 0 Å². The Morgan fingerprint density at radius 3 is 2.00 bits per heavy atom. The molecule has 0 aromatic heterocycles. The summed E-state index contributed by atoms with van der Waals surface area (Å²) in [6.45, 7) is 0. The van der Waals surface area contributed by atoms with Crippen LogP contribution < -0.4 is 5.32 Å². The molecule has 0 radical (unpaired) electrons. The van der Waals surface area contributed by atoms with Gasteiger partial charge in [-0.15, -0.1) is 0 Å². The maximum absolute atomic E-state index is 3.55. The molecule has 3 aliphatic rings. The highest BCUT2D eigenvalue weighted by molar-refractivity contribution is 5.28. The summed E-state index contributed by atoms with van der Waals surface area (Å²) >= 11 is 0. The molecule has 3 rings (SSSR count). The molecule has 0 amide bonds. The molecular weight excluding hydrogens is 134 g/mol. The Morgan fingerprint density at radius 1 is 0.909 bits per heavy atom. The summed E-state index contributed by atoms with van der Waals surface area (Å²) in [6.07, 6.45) is 8.52. The van der Waals surface area contributed by atoms with Crippen LogP contribution in [0.5, 0.6) is 0 Å². The second kappa shape index (κ2) is 2.10. The van der Waals surface area contributed by atoms with E-state index in [1.54, 1.807) is 0 Å². The lowest BCUT2D eigenvalue weighted by Crippen LogP contribution is -2.11. The first kappa shape index (κ1) is 6.24. The molecule has 1 N–H and O–H groups in total. The zero-order chi connectivity index (χ0) is 7.26. The molecule has 0 aromatic carbocycles. The van der Waals surface area contributed by atoms with Crippen LogP contribution >= 0.6 is 0 Å². The van der Waals surface area contributed by atoms with Crippen LogP contribution in [0.2, 0.25) is 0 Å². The lowest BCUT2D eigenvalue weighted by molar-refractivity contribution is 0.596. The summed E-state index contributed by atoms with van der Waals surface area (Å²) in [5, 5.41) is 3.55. The van der Waals surface area contributed by atoms with E-state index in [1.807, 2.05) is 11.1 Å². The lowest BCUT2D eigenvalue weighted by atomic mass is 9.82. The third-order valence-electron chi connectivity index (χ3n) is 3.44. The van der Waals surface area contributed by atoms with E-state index in [0.717, 1.165) is 12.1 Å². The fraction of sp³-hybridized carbons (Fsp3) is 0.800. The van der Waals surface area contributed by atoms with Crippen molar-refractivity contribution in [2.75, 3.05) is 0 Å². The Balaban J connectivity index is 1.88. The predicted octanol–water partition coefficient (Wildman–Crippen LogP) is 1.99. The van der Waals surface area contributed by atoms with Gasteiger partial charge < -0.3 is 5.32 Å². The highest BCUT2D eigenvalue weighted by Gasteiger charge is 2.41. The molecule has 2 atom stereocenters. The second-order valence-electron chi connectivity index (χ2n) is 4.20. The maximum atomic E-state index is 3.55. The molecule has 0 saturated carbocycles. The molecule has 2 aliphatic carbocycles. The van der Waals surface area contributed by atoms with Crippen molar-refractivity contribution in [1.29, 1.82) is 0 Å². The predicted molar refractivity (Wildman–Crippen MR) is 45.4 cm³/mol. The molecule has 1 saturated heterocycles. The van der Waals surface area contributed by atoms with Gasteiger partial charge in [-0.3, -0.25) is 0 Å². The van der Waals surface area contributed by atoms with Crippen LogP contribution in [0, 0.1) is 0 Å². The van der Waals surface area contributed by atoms with Gasteiger partial charge in [0.15, 0.2) is 0 Å². The Morgan fingerprint density at radius 2 is 1.45 bits per heavy atom. The van der Waals surface area contributed by atoms with Crippen molar-refractivity contribution in [3.05, 3.63) is 11.1 Å². The topological polar surface area (TPSA) is 21.9 Å². The first-order valence-electron chi connectivity index (χ1n) is 4.89. The number of hydrogen-bond donors (Lipinski definition) is 1. The highest BCUT2D eigenvalue weighted by Crippen LogP contribution is 2.40. The molecule has 0 aromatic rings. The zero-order valence-corrected chi connectivity index (χ0v) is 6.90. The van der Waals surface area contributed by atoms with Gasteiger partial charge in [0.25, 0.3) is 0 Å². The van der Waals surface area contributed by atoms with Gasteiger partial charge in [0.1, 0.15) is 0 Å². The van der Waals surface area contributed by atoms with E-state index in [4.69, 9.17) is 0 Å². The summed E-state index contributed by atoms with van der Waals surface area (Å²) in [4.78, 5) is 0. The molecule has 0 spiro atoms. The lowest BCUT2D eigenvalue weighted by Gasteiger charge is -2.23. The Labute approximate surface area is 67.9 Å². The van der Waals surface area contributed by atoms with Gasteiger partial charge >= 0.3 is 0 Å². The van der Waals surface area contributed by atoms with Crippen LogP contribution in [0.15, 0.2) is 11.1 Å². The number of hydrogen-bond acceptors (Lipinski definition) is 1. The fourth-order valence-electron chi connectivity index (χ4n) is 2.68. The molecule has 1 heteroatoms. The molecule has 0 bridgehead atoms. The molecule has 0 unspecified atom stereocenters. The van der Waals surface area contributed by atoms with E-state index in [0.29, 0.717) is 0 Å². The van der Waals surface area contributed by atoms with E-state index < -0.39 is 0 Å².